The maximum atomic E-state index is 12.9. The van der Waals surface area contributed by atoms with Gasteiger partial charge < -0.3 is 14.9 Å². The van der Waals surface area contributed by atoms with Gasteiger partial charge in [-0.25, -0.2) is 4.98 Å². The van der Waals surface area contributed by atoms with Gasteiger partial charge in [-0.1, -0.05) is 6.08 Å². The summed E-state index contributed by atoms with van der Waals surface area (Å²) in [6, 6.07) is 3.57. The van der Waals surface area contributed by atoms with E-state index in [9.17, 15) is 14.7 Å². The summed E-state index contributed by atoms with van der Waals surface area (Å²) in [4.78, 5) is 33.0. The lowest BCUT2D eigenvalue weighted by molar-refractivity contribution is -0.149. The van der Waals surface area contributed by atoms with E-state index in [1.807, 2.05) is 9.80 Å². The van der Waals surface area contributed by atoms with Crippen molar-refractivity contribution in [3.8, 4) is 0 Å². The third-order valence-electron chi connectivity index (χ3n) is 5.28. The zero-order valence-corrected chi connectivity index (χ0v) is 14.5. The number of hydrogen-bond acceptors (Lipinski definition) is 4. The summed E-state index contributed by atoms with van der Waals surface area (Å²) in [5.41, 5.74) is -0.282. The summed E-state index contributed by atoms with van der Waals surface area (Å²) >= 11 is 0. The van der Waals surface area contributed by atoms with Gasteiger partial charge in [0.15, 0.2) is 0 Å². The zero-order valence-electron chi connectivity index (χ0n) is 14.5. The van der Waals surface area contributed by atoms with E-state index in [0.717, 1.165) is 32.4 Å². The predicted molar refractivity (Wildman–Crippen MR) is 95.7 cm³/mol. The number of rotatable bonds is 5. The number of anilines is 1. The Balaban J connectivity index is 1.89. The fraction of sp³-hybridized carbons (Fsp3) is 0.526. The topological polar surface area (TPSA) is 73.7 Å². The molecule has 6 nitrogen and oxygen atoms in total. The molecule has 3 rings (SSSR count). The summed E-state index contributed by atoms with van der Waals surface area (Å²) < 4.78 is 0. The van der Waals surface area contributed by atoms with Crippen molar-refractivity contribution in [2.45, 2.75) is 32.1 Å². The first-order valence-electron chi connectivity index (χ1n) is 8.91. The molecule has 0 bridgehead atoms. The lowest BCUT2D eigenvalue weighted by Gasteiger charge is -2.40. The molecule has 1 amide bonds. The number of pyridine rings is 1. The Morgan fingerprint density at radius 3 is 2.72 bits per heavy atom. The SMILES string of the molecule is C=CCC1(C(=O)O)CCCN(c2ncccc2C(=O)N2CCCC2)C1. The number of aromatic nitrogens is 1. The molecule has 1 aromatic rings. The number of hydrogen-bond donors (Lipinski definition) is 1. The number of likely N-dealkylation sites (tertiary alicyclic amines) is 1. The molecule has 0 saturated carbocycles. The Hall–Kier alpha value is -2.37. The molecule has 0 aromatic carbocycles. The molecule has 1 atom stereocenters. The fourth-order valence-electron chi connectivity index (χ4n) is 3.92. The summed E-state index contributed by atoms with van der Waals surface area (Å²) in [5.74, 6) is -0.204. The predicted octanol–water partition coefficient (Wildman–Crippen LogP) is 2.56. The first kappa shape index (κ1) is 17.5. The third kappa shape index (κ3) is 3.38. The normalized spacial score (nSPS) is 23.5. The molecule has 1 N–H and O–H groups in total. The van der Waals surface area contributed by atoms with Crippen LogP contribution in [0.15, 0.2) is 31.0 Å². The average Bonchev–Trinajstić information content (AvgIpc) is 3.16. The third-order valence-corrected chi connectivity index (χ3v) is 5.28. The molecule has 2 aliphatic heterocycles. The lowest BCUT2D eigenvalue weighted by Crippen LogP contribution is -2.48. The molecular formula is C19H25N3O3. The zero-order chi connectivity index (χ0) is 17.9. The summed E-state index contributed by atoms with van der Waals surface area (Å²) in [7, 11) is 0. The minimum absolute atomic E-state index is 0.00387. The molecular weight excluding hydrogens is 318 g/mol. The highest BCUT2D eigenvalue weighted by molar-refractivity contribution is 5.99. The standard InChI is InChI=1S/C19H25N3O3/c1-2-8-19(18(24)25)9-6-13-22(14-19)16-15(7-5-10-20-16)17(23)21-11-3-4-12-21/h2,5,7,10H,1,3-4,6,8-9,11-14H2,(H,24,25). The van der Waals surface area contributed by atoms with Crippen LogP contribution in [0.1, 0.15) is 42.5 Å². The smallest absolute Gasteiger partial charge is 0.311 e. The number of aliphatic carboxylic acids is 1. The lowest BCUT2D eigenvalue weighted by atomic mass is 9.77. The van der Waals surface area contributed by atoms with Crippen molar-refractivity contribution in [3.05, 3.63) is 36.5 Å². The maximum absolute atomic E-state index is 12.9. The van der Waals surface area contributed by atoms with Crippen LogP contribution in [0.5, 0.6) is 0 Å². The Morgan fingerprint density at radius 2 is 2.04 bits per heavy atom. The fourth-order valence-corrected chi connectivity index (χ4v) is 3.92. The van der Waals surface area contributed by atoms with E-state index in [-0.39, 0.29) is 5.91 Å². The first-order chi connectivity index (χ1) is 12.1. The van der Waals surface area contributed by atoms with Crippen LogP contribution in [0.25, 0.3) is 0 Å². The summed E-state index contributed by atoms with van der Waals surface area (Å²) in [5, 5.41) is 9.77. The van der Waals surface area contributed by atoms with Crippen LogP contribution in [0.3, 0.4) is 0 Å². The van der Waals surface area contributed by atoms with Crippen LogP contribution in [-0.2, 0) is 4.79 Å². The summed E-state index contributed by atoms with van der Waals surface area (Å²) in [6.07, 6.45) is 7.20. The highest BCUT2D eigenvalue weighted by atomic mass is 16.4. The van der Waals surface area contributed by atoms with Crippen molar-refractivity contribution in [3.63, 3.8) is 0 Å². The van der Waals surface area contributed by atoms with E-state index in [4.69, 9.17) is 0 Å². The second kappa shape index (κ2) is 7.25. The van der Waals surface area contributed by atoms with E-state index in [0.29, 0.717) is 37.3 Å². The van der Waals surface area contributed by atoms with Crippen molar-refractivity contribution in [2.75, 3.05) is 31.1 Å². The van der Waals surface area contributed by atoms with E-state index in [2.05, 4.69) is 11.6 Å². The van der Waals surface area contributed by atoms with Crippen LogP contribution in [0.4, 0.5) is 5.82 Å². The van der Waals surface area contributed by atoms with Gasteiger partial charge >= 0.3 is 5.97 Å². The van der Waals surface area contributed by atoms with Gasteiger partial charge in [-0.05, 0) is 44.2 Å². The molecule has 0 aliphatic carbocycles. The second-order valence-electron chi connectivity index (χ2n) is 6.98. The number of carboxylic acid groups (broad SMARTS) is 1. The van der Waals surface area contributed by atoms with Gasteiger partial charge in [-0.15, -0.1) is 6.58 Å². The van der Waals surface area contributed by atoms with E-state index < -0.39 is 11.4 Å². The molecule has 2 aliphatic rings. The molecule has 2 saturated heterocycles. The molecule has 0 spiro atoms. The summed E-state index contributed by atoms with van der Waals surface area (Å²) in [6.45, 7) is 6.35. The Kier molecular flexibility index (Phi) is 5.06. The van der Waals surface area contributed by atoms with Crippen LogP contribution in [-0.4, -0.2) is 53.0 Å². The number of nitrogens with zero attached hydrogens (tertiary/aromatic N) is 3. The molecule has 134 valence electrons. The van der Waals surface area contributed by atoms with Gasteiger partial charge in [0.05, 0.1) is 11.0 Å². The number of carboxylic acids is 1. The number of piperidine rings is 1. The van der Waals surface area contributed by atoms with Gasteiger partial charge in [0.25, 0.3) is 5.91 Å². The number of amides is 1. The maximum Gasteiger partial charge on any atom is 0.311 e. The molecule has 6 heteroatoms. The number of carbonyl (C=O) groups is 2. The van der Waals surface area contributed by atoms with Gasteiger partial charge in [0.1, 0.15) is 5.82 Å². The molecule has 25 heavy (non-hydrogen) atoms. The monoisotopic (exact) mass is 343 g/mol. The van der Waals surface area contributed by atoms with E-state index in [1.54, 1.807) is 24.4 Å². The van der Waals surface area contributed by atoms with Crippen molar-refractivity contribution < 1.29 is 14.7 Å². The Bertz CT molecular complexity index is 670. The first-order valence-corrected chi connectivity index (χ1v) is 8.91. The molecule has 1 aromatic heterocycles. The van der Waals surface area contributed by atoms with Crippen molar-refractivity contribution in [1.29, 1.82) is 0 Å². The second-order valence-corrected chi connectivity index (χ2v) is 6.98. The van der Waals surface area contributed by atoms with Crippen molar-refractivity contribution in [1.82, 2.24) is 9.88 Å². The largest absolute Gasteiger partial charge is 0.481 e. The molecule has 1 unspecified atom stereocenters. The van der Waals surface area contributed by atoms with Gasteiger partial charge in [0.2, 0.25) is 0 Å². The van der Waals surface area contributed by atoms with E-state index in [1.165, 1.54) is 0 Å². The highest BCUT2D eigenvalue weighted by Gasteiger charge is 2.42. The van der Waals surface area contributed by atoms with Crippen LogP contribution in [0.2, 0.25) is 0 Å². The van der Waals surface area contributed by atoms with Gasteiger partial charge in [0, 0.05) is 32.4 Å². The van der Waals surface area contributed by atoms with Gasteiger partial charge in [-0.3, -0.25) is 9.59 Å². The number of allylic oxidation sites excluding steroid dienone is 1. The highest BCUT2D eigenvalue weighted by Crippen LogP contribution is 2.36. The Morgan fingerprint density at radius 1 is 1.28 bits per heavy atom. The molecule has 0 radical (unpaired) electrons. The van der Waals surface area contributed by atoms with Crippen molar-refractivity contribution in [2.24, 2.45) is 5.41 Å². The minimum Gasteiger partial charge on any atom is -0.481 e. The quantitative estimate of drug-likeness (QED) is 0.832. The van der Waals surface area contributed by atoms with Crippen LogP contribution < -0.4 is 4.90 Å². The van der Waals surface area contributed by atoms with Crippen LogP contribution in [0, 0.1) is 5.41 Å². The average molecular weight is 343 g/mol. The van der Waals surface area contributed by atoms with E-state index >= 15 is 0 Å². The van der Waals surface area contributed by atoms with Gasteiger partial charge in [-0.2, -0.15) is 0 Å². The molecule has 2 fully saturated rings. The minimum atomic E-state index is -0.856. The Labute approximate surface area is 148 Å². The van der Waals surface area contributed by atoms with Crippen LogP contribution >= 0.6 is 0 Å². The number of carbonyl (C=O) groups excluding carboxylic acids is 1. The van der Waals surface area contributed by atoms with Crippen molar-refractivity contribution >= 4 is 17.7 Å². The molecule has 3 heterocycles.